The summed E-state index contributed by atoms with van der Waals surface area (Å²) in [5.74, 6) is 0.197. The van der Waals surface area contributed by atoms with Crippen molar-refractivity contribution in [3.05, 3.63) is 83.9 Å². The number of aryl methyl sites for hydroxylation is 1. The number of para-hydroxylation sites is 1. The molecule has 1 unspecified atom stereocenters. The third-order valence-corrected chi connectivity index (χ3v) is 6.15. The lowest BCUT2D eigenvalue weighted by Gasteiger charge is -2.12. The predicted molar refractivity (Wildman–Crippen MR) is 112 cm³/mol. The smallest absolute Gasteiger partial charge is 0.261 e. The zero-order valence-electron chi connectivity index (χ0n) is 15.8. The molecule has 4 rings (SSSR count). The first-order chi connectivity index (χ1) is 13.9. The topological polar surface area (TPSA) is 84.5 Å². The second-order valence-electron chi connectivity index (χ2n) is 6.89. The Kier molecular flexibility index (Phi) is 4.98. The summed E-state index contributed by atoms with van der Waals surface area (Å²) in [6, 6.07) is 20.6. The van der Waals surface area contributed by atoms with E-state index in [9.17, 15) is 13.2 Å². The highest BCUT2D eigenvalue weighted by atomic mass is 32.2. The first-order valence-electron chi connectivity index (χ1n) is 9.14. The summed E-state index contributed by atoms with van der Waals surface area (Å²) in [6.45, 7) is 2.20. The molecular weight excluding hydrogens is 388 g/mol. The van der Waals surface area contributed by atoms with E-state index in [-0.39, 0.29) is 16.7 Å². The monoisotopic (exact) mass is 408 g/mol. The van der Waals surface area contributed by atoms with Crippen LogP contribution in [0.15, 0.2) is 77.7 Å². The molecule has 7 heteroatoms. The summed E-state index contributed by atoms with van der Waals surface area (Å²) in [5.41, 5.74) is 2.85. The third kappa shape index (κ3) is 4.09. The lowest BCUT2D eigenvalue weighted by Crippen LogP contribution is -2.22. The summed E-state index contributed by atoms with van der Waals surface area (Å²) in [7, 11) is -3.67. The van der Waals surface area contributed by atoms with Crippen LogP contribution in [0.25, 0.3) is 0 Å². The first-order valence-corrected chi connectivity index (χ1v) is 10.6. The normalized spacial score (nSPS) is 15.3. The Balaban J connectivity index is 1.43. The van der Waals surface area contributed by atoms with Gasteiger partial charge in [-0.1, -0.05) is 35.9 Å². The number of anilines is 2. The zero-order chi connectivity index (χ0) is 20.4. The maximum absolute atomic E-state index is 12.6. The molecule has 148 valence electrons. The van der Waals surface area contributed by atoms with Gasteiger partial charge in [-0.15, -0.1) is 0 Å². The molecular formula is C22H20N2O4S. The molecule has 0 aliphatic carbocycles. The van der Waals surface area contributed by atoms with Gasteiger partial charge in [0.1, 0.15) is 18.3 Å². The van der Waals surface area contributed by atoms with Gasteiger partial charge in [0, 0.05) is 16.9 Å². The summed E-state index contributed by atoms with van der Waals surface area (Å²) >= 11 is 0. The third-order valence-electron chi connectivity index (χ3n) is 4.75. The fraction of sp³-hybridized carbons (Fsp3) is 0.136. The van der Waals surface area contributed by atoms with E-state index >= 15 is 0 Å². The van der Waals surface area contributed by atoms with Crippen molar-refractivity contribution in [1.29, 1.82) is 0 Å². The molecule has 0 spiro atoms. The van der Waals surface area contributed by atoms with Gasteiger partial charge in [-0.25, -0.2) is 8.42 Å². The number of nitrogens with one attached hydrogen (secondary N) is 2. The minimum Gasteiger partial charge on any atom is -0.492 e. The van der Waals surface area contributed by atoms with Gasteiger partial charge < -0.3 is 10.1 Å². The second-order valence-corrected chi connectivity index (χ2v) is 8.57. The highest BCUT2D eigenvalue weighted by Gasteiger charge is 2.30. The summed E-state index contributed by atoms with van der Waals surface area (Å²) < 4.78 is 33.0. The number of carbonyl (C=O) groups excluding carboxylic acids is 1. The van der Waals surface area contributed by atoms with E-state index in [1.807, 2.05) is 31.2 Å². The molecule has 0 saturated carbocycles. The van der Waals surface area contributed by atoms with Crippen LogP contribution in [0.4, 0.5) is 11.4 Å². The van der Waals surface area contributed by atoms with E-state index < -0.39 is 10.0 Å². The van der Waals surface area contributed by atoms with Crippen LogP contribution < -0.4 is 14.8 Å². The van der Waals surface area contributed by atoms with Crippen molar-refractivity contribution < 1.29 is 17.9 Å². The number of hydrogen-bond donors (Lipinski definition) is 2. The number of carbonyl (C=O) groups is 1. The molecule has 29 heavy (non-hydrogen) atoms. The van der Waals surface area contributed by atoms with Crippen LogP contribution in [0.1, 0.15) is 17.0 Å². The Labute approximate surface area is 169 Å². The molecule has 1 amide bonds. The SMILES string of the molecule is Cc1ccc(S(=O)(=O)Nc2ccc(NC(=O)C3COc4ccccc43)cc2)cc1. The Morgan fingerprint density at radius 1 is 0.931 bits per heavy atom. The van der Waals surface area contributed by atoms with Crippen molar-refractivity contribution in [3.63, 3.8) is 0 Å². The minimum atomic E-state index is -3.67. The Morgan fingerprint density at radius 2 is 1.59 bits per heavy atom. The summed E-state index contributed by atoms with van der Waals surface area (Å²) in [4.78, 5) is 12.8. The fourth-order valence-electron chi connectivity index (χ4n) is 3.16. The molecule has 3 aromatic rings. The van der Waals surface area contributed by atoms with E-state index in [1.165, 1.54) is 0 Å². The first kappa shape index (κ1) is 19.0. The average molecular weight is 408 g/mol. The van der Waals surface area contributed by atoms with Gasteiger partial charge >= 0.3 is 0 Å². The van der Waals surface area contributed by atoms with Crippen LogP contribution in [-0.2, 0) is 14.8 Å². The van der Waals surface area contributed by atoms with Crippen molar-refractivity contribution in [2.75, 3.05) is 16.6 Å². The molecule has 0 radical (unpaired) electrons. The highest BCUT2D eigenvalue weighted by molar-refractivity contribution is 7.92. The lowest BCUT2D eigenvalue weighted by atomic mass is 10.0. The average Bonchev–Trinajstić information content (AvgIpc) is 3.14. The fourth-order valence-corrected chi connectivity index (χ4v) is 4.22. The molecule has 0 fully saturated rings. The number of rotatable bonds is 5. The van der Waals surface area contributed by atoms with Crippen molar-refractivity contribution in [3.8, 4) is 5.75 Å². The number of fused-ring (bicyclic) bond motifs is 1. The number of hydrogen-bond acceptors (Lipinski definition) is 4. The van der Waals surface area contributed by atoms with Gasteiger partial charge in [-0.05, 0) is 49.4 Å². The predicted octanol–water partition coefficient (Wildman–Crippen LogP) is 3.91. The van der Waals surface area contributed by atoms with Gasteiger partial charge in [-0.3, -0.25) is 9.52 Å². The van der Waals surface area contributed by atoms with E-state index in [4.69, 9.17) is 4.74 Å². The minimum absolute atomic E-state index is 0.164. The number of amides is 1. The van der Waals surface area contributed by atoms with Crippen molar-refractivity contribution in [1.82, 2.24) is 0 Å². The van der Waals surface area contributed by atoms with E-state index in [2.05, 4.69) is 10.0 Å². The van der Waals surface area contributed by atoms with Crippen molar-refractivity contribution in [2.24, 2.45) is 0 Å². The molecule has 1 aliphatic heterocycles. The summed E-state index contributed by atoms with van der Waals surface area (Å²) in [5, 5.41) is 2.86. The standard InChI is InChI=1S/C22H20N2O4S/c1-15-6-12-18(13-7-15)29(26,27)24-17-10-8-16(9-11-17)23-22(25)20-14-28-21-5-3-2-4-19(20)21/h2-13,20,24H,14H2,1H3,(H,23,25). The number of sulfonamides is 1. The molecule has 0 bridgehead atoms. The van der Waals surface area contributed by atoms with Crippen LogP contribution in [-0.4, -0.2) is 20.9 Å². The zero-order valence-corrected chi connectivity index (χ0v) is 16.6. The molecule has 0 aromatic heterocycles. The largest absolute Gasteiger partial charge is 0.492 e. The van der Waals surface area contributed by atoms with Crippen molar-refractivity contribution >= 4 is 27.3 Å². The molecule has 2 N–H and O–H groups in total. The van der Waals surface area contributed by atoms with Crippen LogP contribution >= 0.6 is 0 Å². The van der Waals surface area contributed by atoms with Crippen LogP contribution in [0.5, 0.6) is 5.75 Å². The van der Waals surface area contributed by atoms with Crippen LogP contribution in [0, 0.1) is 6.92 Å². The van der Waals surface area contributed by atoms with Gasteiger partial charge in [0.15, 0.2) is 0 Å². The number of benzene rings is 3. The summed E-state index contributed by atoms with van der Waals surface area (Å²) in [6.07, 6.45) is 0. The number of ether oxygens (including phenoxy) is 1. The molecule has 1 heterocycles. The van der Waals surface area contributed by atoms with E-state index in [0.29, 0.717) is 18.0 Å². The van der Waals surface area contributed by atoms with Crippen LogP contribution in [0.3, 0.4) is 0 Å². The van der Waals surface area contributed by atoms with Crippen LogP contribution in [0.2, 0.25) is 0 Å². The van der Waals surface area contributed by atoms with Gasteiger partial charge in [0.2, 0.25) is 5.91 Å². The van der Waals surface area contributed by atoms with Gasteiger partial charge in [-0.2, -0.15) is 0 Å². The molecule has 6 nitrogen and oxygen atoms in total. The highest BCUT2D eigenvalue weighted by Crippen LogP contribution is 2.34. The maximum atomic E-state index is 12.6. The molecule has 1 aliphatic rings. The second kappa shape index (κ2) is 7.60. The Hall–Kier alpha value is -3.32. The Bertz CT molecular complexity index is 1140. The quantitative estimate of drug-likeness (QED) is 0.670. The van der Waals surface area contributed by atoms with E-state index in [0.717, 1.165) is 16.9 Å². The molecule has 1 atom stereocenters. The lowest BCUT2D eigenvalue weighted by molar-refractivity contribution is -0.117. The Morgan fingerprint density at radius 3 is 2.31 bits per heavy atom. The maximum Gasteiger partial charge on any atom is 0.261 e. The molecule has 0 saturated heterocycles. The molecule has 3 aromatic carbocycles. The van der Waals surface area contributed by atoms with Crippen molar-refractivity contribution in [2.45, 2.75) is 17.7 Å². The van der Waals surface area contributed by atoms with Gasteiger partial charge in [0.25, 0.3) is 10.0 Å². The van der Waals surface area contributed by atoms with Gasteiger partial charge in [0.05, 0.1) is 4.90 Å². The van der Waals surface area contributed by atoms with E-state index in [1.54, 1.807) is 48.5 Å².